The van der Waals surface area contributed by atoms with Crippen molar-refractivity contribution in [2.45, 2.75) is 6.92 Å². The minimum absolute atomic E-state index is 0.208. The van der Waals surface area contributed by atoms with Crippen molar-refractivity contribution in [3.63, 3.8) is 0 Å². The second kappa shape index (κ2) is 7.64. The van der Waals surface area contributed by atoms with Crippen molar-refractivity contribution in [2.75, 3.05) is 17.2 Å². The molecule has 4 nitrogen and oxygen atoms in total. The Morgan fingerprint density at radius 3 is 2.26 bits per heavy atom. The van der Waals surface area contributed by atoms with Crippen LogP contribution in [0.2, 0.25) is 0 Å². The van der Waals surface area contributed by atoms with Crippen LogP contribution < -0.4 is 10.6 Å². The average molecular weight is 336 g/mol. The van der Waals surface area contributed by atoms with Crippen LogP contribution in [0.15, 0.2) is 42.5 Å². The number of hydrogen-bond donors (Lipinski definition) is 2. The van der Waals surface area contributed by atoms with Crippen LogP contribution in [-0.4, -0.2) is 17.7 Å². The van der Waals surface area contributed by atoms with Gasteiger partial charge in [-0.25, -0.2) is 13.6 Å². The van der Waals surface area contributed by atoms with Gasteiger partial charge in [-0.2, -0.15) is 0 Å². The maximum absolute atomic E-state index is 13.1. The molecular weight excluding hydrogens is 322 g/mol. The summed E-state index contributed by atoms with van der Waals surface area (Å²) in [6, 6.07) is 9.90. The number of halogens is 2. The molecule has 23 heavy (non-hydrogen) atoms. The van der Waals surface area contributed by atoms with E-state index in [0.717, 1.165) is 12.1 Å². The summed E-state index contributed by atoms with van der Waals surface area (Å²) in [5.41, 5.74) is 1.39. The summed E-state index contributed by atoms with van der Waals surface area (Å²) in [6.07, 6.45) is 0. The molecule has 0 fully saturated rings. The molecule has 2 aromatic rings. The van der Waals surface area contributed by atoms with Crippen LogP contribution in [0.5, 0.6) is 0 Å². The lowest BCUT2D eigenvalue weighted by Crippen LogP contribution is -2.19. The summed E-state index contributed by atoms with van der Waals surface area (Å²) in [4.78, 5) is 11.5. The molecule has 0 heterocycles. The molecule has 0 saturated carbocycles. The summed E-state index contributed by atoms with van der Waals surface area (Å²) in [5.74, 6) is -2.29. The maximum atomic E-state index is 13.1. The largest absolute Gasteiger partial charge is 0.462 e. The van der Waals surface area contributed by atoms with Gasteiger partial charge < -0.3 is 15.4 Å². The van der Waals surface area contributed by atoms with Crippen LogP contribution in [-0.2, 0) is 4.74 Å². The Morgan fingerprint density at radius 1 is 1.04 bits per heavy atom. The number of carbonyl (C=O) groups is 1. The first kappa shape index (κ1) is 16.8. The summed E-state index contributed by atoms with van der Waals surface area (Å²) in [7, 11) is 0. The van der Waals surface area contributed by atoms with Crippen molar-refractivity contribution in [3.8, 4) is 0 Å². The second-order valence-electron chi connectivity index (χ2n) is 4.51. The third kappa shape index (κ3) is 4.72. The predicted octanol–water partition coefficient (Wildman–Crippen LogP) is 3.95. The number of ether oxygens (including phenoxy) is 1. The van der Waals surface area contributed by atoms with Crippen molar-refractivity contribution < 1.29 is 18.3 Å². The van der Waals surface area contributed by atoms with E-state index in [0.29, 0.717) is 23.5 Å². The molecule has 0 spiro atoms. The number of nitrogens with one attached hydrogen (secondary N) is 2. The lowest BCUT2D eigenvalue weighted by molar-refractivity contribution is 0.0526. The third-order valence-corrected chi connectivity index (χ3v) is 3.04. The fourth-order valence-corrected chi connectivity index (χ4v) is 2.01. The maximum Gasteiger partial charge on any atom is 0.338 e. The summed E-state index contributed by atoms with van der Waals surface area (Å²) in [6.45, 7) is 2.04. The minimum atomic E-state index is -0.961. The molecule has 2 aromatic carbocycles. The smallest absolute Gasteiger partial charge is 0.338 e. The molecule has 0 aromatic heterocycles. The van der Waals surface area contributed by atoms with Gasteiger partial charge in [0.05, 0.1) is 12.2 Å². The van der Waals surface area contributed by atoms with Crippen molar-refractivity contribution in [1.82, 2.24) is 0 Å². The van der Waals surface area contributed by atoms with Crippen molar-refractivity contribution >= 4 is 34.7 Å². The Balaban J connectivity index is 1.97. The van der Waals surface area contributed by atoms with E-state index in [2.05, 4.69) is 10.6 Å². The minimum Gasteiger partial charge on any atom is -0.462 e. The third-order valence-electron chi connectivity index (χ3n) is 2.83. The van der Waals surface area contributed by atoms with E-state index in [1.165, 1.54) is 6.07 Å². The fraction of sp³-hybridized carbons (Fsp3) is 0.125. The molecule has 7 heteroatoms. The zero-order valence-corrected chi connectivity index (χ0v) is 13.0. The highest BCUT2D eigenvalue weighted by molar-refractivity contribution is 7.80. The van der Waals surface area contributed by atoms with Crippen LogP contribution in [0.1, 0.15) is 17.3 Å². The number of rotatable bonds is 4. The van der Waals surface area contributed by atoms with E-state index >= 15 is 0 Å². The molecule has 2 N–H and O–H groups in total. The summed E-state index contributed by atoms with van der Waals surface area (Å²) < 4.78 is 30.9. The highest BCUT2D eigenvalue weighted by Crippen LogP contribution is 2.15. The first-order chi connectivity index (χ1) is 11.0. The van der Waals surface area contributed by atoms with Gasteiger partial charge in [-0.15, -0.1) is 0 Å². The molecular formula is C16H14F2N2O2S. The van der Waals surface area contributed by atoms with Crippen LogP contribution in [0.25, 0.3) is 0 Å². The van der Waals surface area contributed by atoms with Crippen molar-refractivity contribution in [2.24, 2.45) is 0 Å². The van der Waals surface area contributed by atoms with E-state index < -0.39 is 17.6 Å². The van der Waals surface area contributed by atoms with Crippen molar-refractivity contribution in [1.29, 1.82) is 0 Å². The molecule has 0 saturated heterocycles. The molecule has 0 atom stereocenters. The standard InChI is InChI=1S/C16H14F2N2O2S/c1-2-22-15(21)10-3-5-11(6-4-10)19-16(23)20-12-7-8-13(17)14(18)9-12/h3-9H,2H2,1H3,(H2,19,20,23). The number of thiocarbonyl (C=S) groups is 1. The van der Waals surface area contributed by atoms with Gasteiger partial charge in [-0.05, 0) is 55.5 Å². The van der Waals surface area contributed by atoms with Gasteiger partial charge in [0.2, 0.25) is 0 Å². The van der Waals surface area contributed by atoms with E-state index in [1.54, 1.807) is 31.2 Å². The summed E-state index contributed by atoms with van der Waals surface area (Å²) >= 11 is 5.09. The lowest BCUT2D eigenvalue weighted by atomic mass is 10.2. The van der Waals surface area contributed by atoms with E-state index in [9.17, 15) is 13.6 Å². The zero-order valence-electron chi connectivity index (χ0n) is 12.2. The molecule has 0 aliphatic heterocycles. The van der Waals surface area contributed by atoms with Crippen molar-refractivity contribution in [3.05, 3.63) is 59.7 Å². The lowest BCUT2D eigenvalue weighted by Gasteiger charge is -2.11. The van der Waals surface area contributed by atoms with E-state index in [1.807, 2.05) is 0 Å². The van der Waals surface area contributed by atoms with Crippen LogP contribution in [0.4, 0.5) is 20.2 Å². The van der Waals surface area contributed by atoms with E-state index in [4.69, 9.17) is 17.0 Å². The first-order valence-electron chi connectivity index (χ1n) is 6.80. The van der Waals surface area contributed by atoms with Gasteiger partial charge in [-0.3, -0.25) is 0 Å². The van der Waals surface area contributed by atoms with Gasteiger partial charge in [0, 0.05) is 17.4 Å². The number of hydrogen-bond acceptors (Lipinski definition) is 3. The number of anilines is 2. The zero-order chi connectivity index (χ0) is 16.8. The van der Waals surface area contributed by atoms with Gasteiger partial charge in [0.15, 0.2) is 16.7 Å². The van der Waals surface area contributed by atoms with Gasteiger partial charge in [0.1, 0.15) is 0 Å². The normalized spacial score (nSPS) is 10.0. The topological polar surface area (TPSA) is 50.4 Å². The SMILES string of the molecule is CCOC(=O)c1ccc(NC(=S)Nc2ccc(F)c(F)c2)cc1. The van der Waals surface area contributed by atoms with Crippen LogP contribution >= 0.6 is 12.2 Å². The van der Waals surface area contributed by atoms with E-state index in [-0.39, 0.29) is 5.11 Å². The Morgan fingerprint density at radius 2 is 1.65 bits per heavy atom. The number of esters is 1. The Bertz CT molecular complexity index is 721. The number of carbonyl (C=O) groups excluding carboxylic acids is 1. The van der Waals surface area contributed by atoms with Crippen LogP contribution in [0.3, 0.4) is 0 Å². The molecule has 0 radical (unpaired) electrons. The molecule has 0 bridgehead atoms. The fourth-order valence-electron chi connectivity index (χ4n) is 1.77. The monoisotopic (exact) mass is 336 g/mol. The summed E-state index contributed by atoms with van der Waals surface area (Å²) in [5, 5.41) is 5.82. The highest BCUT2D eigenvalue weighted by atomic mass is 32.1. The molecule has 120 valence electrons. The molecule has 2 rings (SSSR count). The average Bonchev–Trinajstić information content (AvgIpc) is 2.52. The van der Waals surface area contributed by atoms with Gasteiger partial charge in [0.25, 0.3) is 0 Å². The Labute approximate surface area is 137 Å². The molecule has 0 aliphatic rings. The van der Waals surface area contributed by atoms with Gasteiger partial charge in [-0.1, -0.05) is 0 Å². The highest BCUT2D eigenvalue weighted by Gasteiger charge is 2.07. The predicted molar refractivity (Wildman–Crippen MR) is 88.6 cm³/mol. The van der Waals surface area contributed by atoms with Gasteiger partial charge >= 0.3 is 5.97 Å². The Hall–Kier alpha value is -2.54. The Kier molecular flexibility index (Phi) is 5.59. The first-order valence-corrected chi connectivity index (χ1v) is 7.20. The molecule has 0 unspecified atom stereocenters. The number of benzene rings is 2. The molecule has 0 amide bonds. The van der Waals surface area contributed by atoms with Crippen LogP contribution in [0, 0.1) is 11.6 Å². The second-order valence-corrected chi connectivity index (χ2v) is 4.91. The molecule has 0 aliphatic carbocycles. The quantitative estimate of drug-likeness (QED) is 0.654.